The van der Waals surface area contributed by atoms with Crippen LogP contribution in [0.1, 0.15) is 17.8 Å². The zero-order valence-electron chi connectivity index (χ0n) is 16.9. The first-order valence-electron chi connectivity index (χ1n) is 9.15. The molecule has 0 bridgehead atoms. The van der Waals surface area contributed by atoms with E-state index in [0.29, 0.717) is 39.5 Å². The van der Waals surface area contributed by atoms with E-state index in [0.717, 1.165) is 0 Å². The molecule has 0 aliphatic carbocycles. The van der Waals surface area contributed by atoms with Gasteiger partial charge in [-0.05, 0) is 24.3 Å². The highest BCUT2D eigenvalue weighted by Crippen LogP contribution is 2.37. The average Bonchev–Trinajstić information content (AvgIpc) is 2.77. The van der Waals surface area contributed by atoms with Gasteiger partial charge in [-0.3, -0.25) is 9.59 Å². The molecular formula is C21H22N4O5. The summed E-state index contributed by atoms with van der Waals surface area (Å²) in [7, 11) is 4.56. The molecular weight excluding hydrogens is 388 g/mol. The van der Waals surface area contributed by atoms with E-state index in [1.165, 1.54) is 27.5 Å². The fourth-order valence-electron chi connectivity index (χ4n) is 2.90. The van der Waals surface area contributed by atoms with E-state index < -0.39 is 0 Å². The minimum atomic E-state index is -0.311. The molecule has 1 amide bonds. The minimum absolute atomic E-state index is 0.119. The maximum absolute atomic E-state index is 12.1. The molecule has 1 aromatic heterocycles. The number of aromatic nitrogens is 2. The first-order valence-corrected chi connectivity index (χ1v) is 9.15. The first kappa shape index (κ1) is 20.8. The van der Waals surface area contributed by atoms with Crippen LogP contribution in [-0.4, -0.2) is 43.4 Å². The number of H-pyrrole nitrogens is 1. The fourth-order valence-corrected chi connectivity index (χ4v) is 2.90. The van der Waals surface area contributed by atoms with Crippen molar-refractivity contribution in [2.24, 2.45) is 5.10 Å². The van der Waals surface area contributed by atoms with Crippen LogP contribution in [0.4, 0.5) is 0 Å². The largest absolute Gasteiger partial charge is 0.493 e. The summed E-state index contributed by atoms with van der Waals surface area (Å²) in [6, 6.07) is 10.5. The van der Waals surface area contributed by atoms with E-state index in [4.69, 9.17) is 14.2 Å². The third-order valence-corrected chi connectivity index (χ3v) is 4.34. The summed E-state index contributed by atoms with van der Waals surface area (Å²) in [6.45, 7) is 0. The van der Waals surface area contributed by atoms with Crippen molar-refractivity contribution in [3.8, 4) is 17.2 Å². The summed E-state index contributed by atoms with van der Waals surface area (Å²) >= 11 is 0. The molecule has 2 N–H and O–H groups in total. The topological polar surface area (TPSA) is 115 Å². The van der Waals surface area contributed by atoms with E-state index in [2.05, 4.69) is 20.5 Å². The van der Waals surface area contributed by atoms with Crippen LogP contribution in [0.3, 0.4) is 0 Å². The van der Waals surface area contributed by atoms with Gasteiger partial charge < -0.3 is 19.2 Å². The number of methoxy groups -OCH3 is 3. The number of amides is 1. The maximum atomic E-state index is 12.1. The highest BCUT2D eigenvalue weighted by molar-refractivity contribution is 5.84. The summed E-state index contributed by atoms with van der Waals surface area (Å²) in [4.78, 5) is 31.2. The van der Waals surface area contributed by atoms with Crippen LogP contribution in [0.25, 0.3) is 10.9 Å². The Kier molecular flexibility index (Phi) is 6.63. The van der Waals surface area contributed by atoms with Crippen molar-refractivity contribution in [3.63, 3.8) is 0 Å². The standard InChI is InChI=1S/C21H22N4O5/c1-28-16-10-13(11-17(29-2)20(16)30-3)12-22-25-19(26)9-8-18-23-15-7-5-4-6-14(15)21(27)24-18/h4-7,10-12H,8-9H2,1-3H3,(H,25,26)(H,23,24,27)/b22-12+. The van der Waals surface area contributed by atoms with E-state index in [-0.39, 0.29) is 24.3 Å². The Balaban J connectivity index is 1.62. The molecule has 156 valence electrons. The van der Waals surface area contributed by atoms with E-state index >= 15 is 0 Å². The van der Waals surface area contributed by atoms with Crippen molar-refractivity contribution < 1.29 is 19.0 Å². The predicted octanol–water partition coefficient (Wildman–Crippen LogP) is 2.03. The summed E-state index contributed by atoms with van der Waals surface area (Å²) < 4.78 is 15.8. The van der Waals surface area contributed by atoms with Crippen molar-refractivity contribution in [3.05, 3.63) is 58.1 Å². The average molecular weight is 410 g/mol. The Hall–Kier alpha value is -3.88. The number of nitrogens with one attached hydrogen (secondary N) is 2. The lowest BCUT2D eigenvalue weighted by atomic mass is 10.2. The fraction of sp³-hybridized carbons (Fsp3) is 0.238. The second-order valence-corrected chi connectivity index (χ2v) is 6.28. The third kappa shape index (κ3) is 4.75. The second kappa shape index (κ2) is 9.55. The lowest BCUT2D eigenvalue weighted by Crippen LogP contribution is -2.19. The van der Waals surface area contributed by atoms with Gasteiger partial charge in [-0.15, -0.1) is 0 Å². The summed E-state index contributed by atoms with van der Waals surface area (Å²) in [5.74, 6) is 1.57. The number of hydrogen-bond acceptors (Lipinski definition) is 7. The van der Waals surface area contributed by atoms with Crippen LogP contribution in [0.15, 0.2) is 46.3 Å². The number of aromatic amines is 1. The van der Waals surface area contributed by atoms with E-state index in [1.807, 2.05) is 6.07 Å². The molecule has 0 unspecified atom stereocenters. The number of nitrogens with zero attached hydrogens (tertiary/aromatic N) is 2. The lowest BCUT2D eigenvalue weighted by Gasteiger charge is -2.12. The number of carbonyl (C=O) groups is 1. The molecule has 0 aliphatic rings. The Labute approximate surface area is 172 Å². The van der Waals surface area contributed by atoms with Gasteiger partial charge >= 0.3 is 0 Å². The Morgan fingerprint density at radius 3 is 2.50 bits per heavy atom. The molecule has 30 heavy (non-hydrogen) atoms. The second-order valence-electron chi connectivity index (χ2n) is 6.28. The maximum Gasteiger partial charge on any atom is 0.258 e. The summed E-state index contributed by atoms with van der Waals surface area (Å²) in [5.41, 5.74) is 3.48. The minimum Gasteiger partial charge on any atom is -0.493 e. The molecule has 0 radical (unpaired) electrons. The van der Waals surface area contributed by atoms with Crippen LogP contribution in [0, 0.1) is 0 Å². The lowest BCUT2D eigenvalue weighted by molar-refractivity contribution is -0.121. The first-order chi connectivity index (χ1) is 14.5. The van der Waals surface area contributed by atoms with Gasteiger partial charge in [0.2, 0.25) is 11.7 Å². The van der Waals surface area contributed by atoms with Crippen LogP contribution in [-0.2, 0) is 11.2 Å². The molecule has 0 saturated carbocycles. The molecule has 3 aromatic rings. The van der Waals surface area contributed by atoms with Crippen LogP contribution < -0.4 is 25.2 Å². The molecule has 0 atom stereocenters. The molecule has 9 heteroatoms. The van der Waals surface area contributed by atoms with Gasteiger partial charge in [-0.25, -0.2) is 10.4 Å². The number of aryl methyl sites for hydroxylation is 1. The van der Waals surface area contributed by atoms with Crippen LogP contribution in [0.2, 0.25) is 0 Å². The van der Waals surface area contributed by atoms with Crippen molar-refractivity contribution in [2.45, 2.75) is 12.8 Å². The highest BCUT2D eigenvalue weighted by Gasteiger charge is 2.12. The number of hydrogen-bond donors (Lipinski definition) is 2. The third-order valence-electron chi connectivity index (χ3n) is 4.34. The highest BCUT2D eigenvalue weighted by atomic mass is 16.5. The molecule has 2 aromatic carbocycles. The van der Waals surface area contributed by atoms with Crippen molar-refractivity contribution in [2.75, 3.05) is 21.3 Å². The smallest absolute Gasteiger partial charge is 0.258 e. The Bertz CT molecular complexity index is 1110. The van der Waals surface area contributed by atoms with Crippen molar-refractivity contribution >= 4 is 23.0 Å². The van der Waals surface area contributed by atoms with Crippen LogP contribution in [0.5, 0.6) is 17.2 Å². The number of carbonyl (C=O) groups excluding carboxylic acids is 1. The molecule has 3 rings (SSSR count). The molecule has 0 spiro atoms. The molecule has 0 fully saturated rings. The number of benzene rings is 2. The number of ether oxygens (including phenoxy) is 3. The van der Waals surface area contributed by atoms with Gasteiger partial charge in [0.15, 0.2) is 11.5 Å². The quantitative estimate of drug-likeness (QED) is 0.434. The van der Waals surface area contributed by atoms with Gasteiger partial charge in [-0.2, -0.15) is 5.10 Å². The van der Waals surface area contributed by atoms with E-state index in [1.54, 1.807) is 30.3 Å². The summed E-state index contributed by atoms with van der Waals surface area (Å²) in [6.07, 6.45) is 1.87. The molecule has 1 heterocycles. The molecule has 0 saturated heterocycles. The number of hydrazone groups is 1. The van der Waals surface area contributed by atoms with Crippen molar-refractivity contribution in [1.82, 2.24) is 15.4 Å². The Morgan fingerprint density at radius 1 is 1.13 bits per heavy atom. The molecule has 0 aliphatic heterocycles. The van der Waals surface area contributed by atoms with E-state index in [9.17, 15) is 9.59 Å². The van der Waals surface area contributed by atoms with Gasteiger partial charge in [-0.1, -0.05) is 12.1 Å². The normalized spacial score (nSPS) is 10.9. The van der Waals surface area contributed by atoms with Gasteiger partial charge in [0.1, 0.15) is 5.82 Å². The van der Waals surface area contributed by atoms with Crippen LogP contribution >= 0.6 is 0 Å². The zero-order valence-corrected chi connectivity index (χ0v) is 16.9. The van der Waals surface area contributed by atoms with Crippen molar-refractivity contribution in [1.29, 1.82) is 0 Å². The number of para-hydroxylation sites is 1. The monoisotopic (exact) mass is 410 g/mol. The molecule has 9 nitrogen and oxygen atoms in total. The number of rotatable bonds is 8. The predicted molar refractivity (Wildman–Crippen MR) is 113 cm³/mol. The summed E-state index contributed by atoms with van der Waals surface area (Å²) in [5, 5.41) is 4.47. The zero-order chi connectivity index (χ0) is 21.5. The van der Waals surface area contributed by atoms with Gasteiger partial charge in [0.05, 0.1) is 38.4 Å². The Morgan fingerprint density at radius 2 is 1.83 bits per heavy atom. The SMILES string of the molecule is COc1cc(/C=N/NC(=O)CCc2nc3ccccc3c(=O)[nH]2)cc(OC)c1OC. The van der Waals surface area contributed by atoms with Gasteiger partial charge in [0.25, 0.3) is 5.56 Å². The van der Waals surface area contributed by atoms with Gasteiger partial charge in [0, 0.05) is 18.4 Å². The number of fused-ring (bicyclic) bond motifs is 1.